The van der Waals surface area contributed by atoms with Crippen molar-refractivity contribution in [3.8, 4) is 5.75 Å². The molecule has 0 saturated heterocycles. The molecule has 3 rings (SSSR count). The van der Waals surface area contributed by atoms with E-state index in [9.17, 15) is 9.59 Å². The molecule has 5 nitrogen and oxygen atoms in total. The molecule has 1 aliphatic carbocycles. The van der Waals surface area contributed by atoms with E-state index in [2.05, 4.69) is 5.32 Å². The van der Waals surface area contributed by atoms with Gasteiger partial charge in [0, 0.05) is 9.90 Å². The molecule has 1 aromatic heterocycles. The molecule has 0 fully saturated rings. The summed E-state index contributed by atoms with van der Waals surface area (Å²) in [6.45, 7) is 1.65. The molecule has 0 aliphatic heterocycles. The van der Waals surface area contributed by atoms with Crippen LogP contribution in [0.25, 0.3) is 0 Å². The Balaban J connectivity index is 1.77. The third kappa shape index (κ3) is 4.19. The van der Waals surface area contributed by atoms with Crippen LogP contribution in [0.2, 0.25) is 5.02 Å². The Labute approximate surface area is 161 Å². The van der Waals surface area contributed by atoms with Gasteiger partial charge < -0.3 is 15.8 Å². The number of carbonyl (C=O) groups is 2. The number of amides is 2. The summed E-state index contributed by atoms with van der Waals surface area (Å²) in [5.41, 5.74) is 7.05. The smallest absolute Gasteiger partial charge is 0.265 e. The number of fused-ring (bicyclic) bond motifs is 1. The first-order valence-electron chi connectivity index (χ1n) is 8.63. The number of anilines is 1. The summed E-state index contributed by atoms with van der Waals surface area (Å²) in [6, 6.07) is 6.87. The molecule has 3 N–H and O–H groups in total. The van der Waals surface area contributed by atoms with Crippen LogP contribution < -0.4 is 15.8 Å². The fraction of sp³-hybridized carbons (Fsp3) is 0.368. The van der Waals surface area contributed by atoms with E-state index in [-0.39, 0.29) is 5.91 Å². The van der Waals surface area contributed by atoms with E-state index >= 15 is 0 Å². The molecule has 26 heavy (non-hydrogen) atoms. The van der Waals surface area contributed by atoms with Gasteiger partial charge in [-0.1, -0.05) is 24.1 Å². The summed E-state index contributed by atoms with van der Waals surface area (Å²) in [6.07, 6.45) is 4.28. The first-order valence-corrected chi connectivity index (χ1v) is 9.82. The Morgan fingerprint density at radius 2 is 2.04 bits per heavy atom. The van der Waals surface area contributed by atoms with E-state index in [1.807, 2.05) is 0 Å². The molecular formula is C19H21ClN2O3S. The second kappa shape index (κ2) is 8.10. The van der Waals surface area contributed by atoms with Crippen LogP contribution in [0.5, 0.6) is 5.75 Å². The summed E-state index contributed by atoms with van der Waals surface area (Å²) < 4.78 is 5.64. The number of primary amides is 1. The van der Waals surface area contributed by atoms with Crippen LogP contribution in [0.15, 0.2) is 24.3 Å². The molecule has 1 atom stereocenters. The number of nitrogens with one attached hydrogen (secondary N) is 1. The van der Waals surface area contributed by atoms with Gasteiger partial charge in [-0.05, 0) is 56.4 Å². The molecule has 0 saturated carbocycles. The predicted molar refractivity (Wildman–Crippen MR) is 104 cm³/mol. The monoisotopic (exact) mass is 392 g/mol. The van der Waals surface area contributed by atoms with Gasteiger partial charge >= 0.3 is 0 Å². The molecule has 2 aromatic rings. The zero-order valence-electron chi connectivity index (χ0n) is 14.5. The average molecular weight is 393 g/mol. The summed E-state index contributed by atoms with van der Waals surface area (Å²) in [4.78, 5) is 25.7. The second-order valence-electron chi connectivity index (χ2n) is 6.34. The average Bonchev–Trinajstić information content (AvgIpc) is 2.76. The molecule has 2 amide bonds. The van der Waals surface area contributed by atoms with Crippen molar-refractivity contribution in [1.29, 1.82) is 0 Å². The highest BCUT2D eigenvalue weighted by atomic mass is 35.5. The molecule has 0 spiro atoms. The van der Waals surface area contributed by atoms with Crippen molar-refractivity contribution in [1.82, 2.24) is 0 Å². The number of rotatable bonds is 5. The number of hydrogen-bond acceptors (Lipinski definition) is 4. The molecule has 138 valence electrons. The van der Waals surface area contributed by atoms with Crippen molar-refractivity contribution < 1.29 is 14.3 Å². The van der Waals surface area contributed by atoms with Crippen LogP contribution in [0.1, 0.15) is 47.0 Å². The van der Waals surface area contributed by atoms with Crippen molar-refractivity contribution in [3.63, 3.8) is 0 Å². The molecule has 1 heterocycles. The fourth-order valence-electron chi connectivity index (χ4n) is 3.10. The Kier molecular flexibility index (Phi) is 5.84. The lowest BCUT2D eigenvalue weighted by Crippen LogP contribution is -2.30. The maximum absolute atomic E-state index is 12.5. The number of hydrogen-bond donors (Lipinski definition) is 2. The van der Waals surface area contributed by atoms with Gasteiger partial charge in [0.1, 0.15) is 10.8 Å². The van der Waals surface area contributed by atoms with E-state index < -0.39 is 12.0 Å². The summed E-state index contributed by atoms with van der Waals surface area (Å²) in [7, 11) is 0. The molecule has 0 unspecified atom stereocenters. The zero-order valence-corrected chi connectivity index (χ0v) is 16.1. The maximum Gasteiger partial charge on any atom is 0.265 e. The number of halogens is 1. The van der Waals surface area contributed by atoms with E-state index in [1.165, 1.54) is 11.3 Å². The third-order valence-corrected chi connectivity index (χ3v) is 5.82. The van der Waals surface area contributed by atoms with Crippen LogP contribution in [-0.2, 0) is 17.6 Å². The predicted octanol–water partition coefficient (Wildman–Crippen LogP) is 4.18. The van der Waals surface area contributed by atoms with Gasteiger partial charge in [-0.25, -0.2) is 0 Å². The summed E-state index contributed by atoms with van der Waals surface area (Å²) >= 11 is 7.38. The Hall–Kier alpha value is -2.05. The van der Waals surface area contributed by atoms with Crippen LogP contribution in [0, 0.1) is 0 Å². The molecule has 0 radical (unpaired) electrons. The van der Waals surface area contributed by atoms with Crippen LogP contribution >= 0.6 is 22.9 Å². The zero-order chi connectivity index (χ0) is 18.7. The Morgan fingerprint density at radius 3 is 2.77 bits per heavy atom. The van der Waals surface area contributed by atoms with Crippen molar-refractivity contribution in [2.75, 3.05) is 5.32 Å². The minimum atomic E-state index is -0.740. The molecule has 1 aliphatic rings. The van der Waals surface area contributed by atoms with Crippen molar-refractivity contribution in [2.45, 2.75) is 45.1 Å². The standard InChI is InChI=1S/C19H21ClN2O3S/c1-11(25-13-7-5-6-12(20)10-13)18(24)22-19-16(17(21)23)14-8-3-2-4-9-15(14)26-19/h5-7,10-11H,2-4,8-9H2,1H3,(H2,21,23)(H,22,24)/t11-/m0/s1. The minimum absolute atomic E-state index is 0.330. The topological polar surface area (TPSA) is 81.4 Å². The van der Waals surface area contributed by atoms with Gasteiger partial charge in [0.15, 0.2) is 6.10 Å². The minimum Gasteiger partial charge on any atom is -0.481 e. The lowest BCUT2D eigenvalue weighted by atomic mass is 10.1. The van der Waals surface area contributed by atoms with Crippen molar-refractivity contribution >= 4 is 39.8 Å². The molecular weight excluding hydrogens is 372 g/mol. The highest BCUT2D eigenvalue weighted by molar-refractivity contribution is 7.17. The van der Waals surface area contributed by atoms with Crippen LogP contribution in [0.3, 0.4) is 0 Å². The third-order valence-electron chi connectivity index (χ3n) is 4.38. The quantitative estimate of drug-likeness (QED) is 0.749. The van der Waals surface area contributed by atoms with Crippen LogP contribution in [0.4, 0.5) is 5.00 Å². The number of carbonyl (C=O) groups excluding carboxylic acids is 2. The first-order chi connectivity index (χ1) is 12.5. The first kappa shape index (κ1) is 18.7. The van der Waals surface area contributed by atoms with Gasteiger partial charge in [-0.15, -0.1) is 11.3 Å². The second-order valence-corrected chi connectivity index (χ2v) is 7.88. The number of nitrogens with two attached hydrogens (primary N) is 1. The number of aryl methyl sites for hydroxylation is 1. The SMILES string of the molecule is C[C@H](Oc1cccc(Cl)c1)C(=O)Nc1sc2c(c1C(N)=O)CCCCC2. The van der Waals surface area contributed by atoms with Gasteiger partial charge in [-0.3, -0.25) is 9.59 Å². The van der Waals surface area contributed by atoms with Crippen LogP contribution in [-0.4, -0.2) is 17.9 Å². The molecule has 1 aromatic carbocycles. The summed E-state index contributed by atoms with van der Waals surface area (Å²) in [5, 5.41) is 3.88. The largest absolute Gasteiger partial charge is 0.481 e. The van der Waals surface area contributed by atoms with E-state index in [0.717, 1.165) is 42.5 Å². The summed E-state index contributed by atoms with van der Waals surface area (Å²) in [5.74, 6) is -0.316. The number of ether oxygens (including phenoxy) is 1. The van der Waals surface area contributed by atoms with E-state index in [0.29, 0.717) is 21.3 Å². The highest BCUT2D eigenvalue weighted by Crippen LogP contribution is 2.37. The highest BCUT2D eigenvalue weighted by Gasteiger charge is 2.25. The normalized spacial score (nSPS) is 14.8. The maximum atomic E-state index is 12.5. The van der Waals surface area contributed by atoms with Gasteiger partial charge in [-0.2, -0.15) is 0 Å². The lowest BCUT2D eigenvalue weighted by Gasteiger charge is -2.15. The van der Waals surface area contributed by atoms with E-state index in [1.54, 1.807) is 31.2 Å². The van der Waals surface area contributed by atoms with Gasteiger partial charge in [0.05, 0.1) is 5.56 Å². The van der Waals surface area contributed by atoms with Gasteiger partial charge in [0.25, 0.3) is 11.8 Å². The Bertz CT molecular complexity index is 834. The molecule has 7 heteroatoms. The van der Waals surface area contributed by atoms with E-state index in [4.69, 9.17) is 22.1 Å². The van der Waals surface area contributed by atoms with Gasteiger partial charge in [0.2, 0.25) is 0 Å². The molecule has 0 bridgehead atoms. The van der Waals surface area contributed by atoms with Crippen molar-refractivity contribution in [3.05, 3.63) is 45.3 Å². The number of thiophene rings is 1. The van der Waals surface area contributed by atoms with Crippen molar-refractivity contribution in [2.24, 2.45) is 5.73 Å². The Morgan fingerprint density at radius 1 is 1.27 bits per heavy atom. The number of benzene rings is 1. The lowest BCUT2D eigenvalue weighted by molar-refractivity contribution is -0.122. The fourth-order valence-corrected chi connectivity index (χ4v) is 4.58.